The maximum absolute atomic E-state index is 15.3. The summed E-state index contributed by atoms with van der Waals surface area (Å²) in [4.78, 5) is 20.1. The van der Waals surface area contributed by atoms with Crippen molar-refractivity contribution in [1.29, 1.82) is 0 Å². The van der Waals surface area contributed by atoms with Gasteiger partial charge in [-0.15, -0.1) is 10.2 Å². The van der Waals surface area contributed by atoms with Gasteiger partial charge in [0.1, 0.15) is 21.4 Å². The van der Waals surface area contributed by atoms with Crippen LogP contribution in [0.3, 0.4) is 0 Å². The van der Waals surface area contributed by atoms with Crippen LogP contribution in [0, 0.1) is 11.7 Å². The summed E-state index contributed by atoms with van der Waals surface area (Å²) in [6, 6.07) is 11.0. The highest BCUT2D eigenvalue weighted by Crippen LogP contribution is 2.30. The highest BCUT2D eigenvalue weighted by atomic mass is 32.2. The molecule has 250 valence electrons. The van der Waals surface area contributed by atoms with Crippen molar-refractivity contribution in [2.75, 3.05) is 62.3 Å². The lowest BCUT2D eigenvalue weighted by atomic mass is 10.00. The molecule has 0 bridgehead atoms. The summed E-state index contributed by atoms with van der Waals surface area (Å²) in [6.45, 7) is 9.17. The van der Waals surface area contributed by atoms with Gasteiger partial charge in [0.2, 0.25) is 11.8 Å². The molecule has 14 heteroatoms. The van der Waals surface area contributed by atoms with Crippen molar-refractivity contribution in [3.05, 3.63) is 59.7 Å². The number of benzene rings is 2. The molecule has 10 nitrogen and oxygen atoms in total. The minimum absolute atomic E-state index is 0.0766. The van der Waals surface area contributed by atoms with Gasteiger partial charge in [-0.25, -0.2) is 12.8 Å². The van der Waals surface area contributed by atoms with Gasteiger partial charge in [0.05, 0.1) is 24.7 Å². The first-order valence-electron chi connectivity index (χ1n) is 15.7. The molecule has 3 aromatic rings. The maximum Gasteiger partial charge on any atom is 0.314 e. The number of carbonyl (C=O) groups excluding carboxylic acids is 1. The molecule has 2 aliphatic heterocycles. The van der Waals surface area contributed by atoms with Crippen LogP contribution in [0.1, 0.15) is 50.5 Å². The Morgan fingerprint density at radius 3 is 2.35 bits per heavy atom. The second-order valence-corrected chi connectivity index (χ2v) is 14.0. The van der Waals surface area contributed by atoms with Crippen molar-refractivity contribution in [3.63, 3.8) is 0 Å². The number of anilines is 1. The Bertz CT molecular complexity index is 1550. The van der Waals surface area contributed by atoms with Crippen LogP contribution < -0.4 is 9.64 Å². The van der Waals surface area contributed by atoms with E-state index in [2.05, 4.69) is 26.9 Å². The Hall–Kier alpha value is -3.49. The lowest BCUT2D eigenvalue weighted by Crippen LogP contribution is -2.46. The first-order chi connectivity index (χ1) is 22.1. The van der Waals surface area contributed by atoms with Gasteiger partial charge in [-0.2, -0.15) is 8.78 Å². The summed E-state index contributed by atoms with van der Waals surface area (Å²) >= 11 is 0. The van der Waals surface area contributed by atoms with E-state index in [-0.39, 0.29) is 53.8 Å². The quantitative estimate of drug-likeness (QED) is 0.234. The van der Waals surface area contributed by atoms with Crippen LogP contribution in [-0.4, -0.2) is 91.7 Å². The number of aromatic nitrogens is 2. The van der Waals surface area contributed by atoms with E-state index in [1.165, 1.54) is 17.0 Å². The van der Waals surface area contributed by atoms with E-state index < -0.39 is 33.9 Å². The summed E-state index contributed by atoms with van der Waals surface area (Å²) in [5.74, 6) is -2.13. The number of halogens is 3. The number of hydrogen-bond donors (Lipinski definition) is 0. The predicted molar refractivity (Wildman–Crippen MR) is 167 cm³/mol. The van der Waals surface area contributed by atoms with E-state index in [9.17, 15) is 22.0 Å². The van der Waals surface area contributed by atoms with Crippen LogP contribution in [-0.2, 0) is 21.2 Å². The zero-order valence-corrected chi connectivity index (χ0v) is 26.7. The van der Waals surface area contributed by atoms with Gasteiger partial charge in [0.25, 0.3) is 5.89 Å². The van der Waals surface area contributed by atoms with Gasteiger partial charge in [0, 0.05) is 48.9 Å². The van der Waals surface area contributed by atoms with E-state index in [1.54, 1.807) is 24.3 Å². The first-order valence-corrected chi connectivity index (χ1v) is 17.5. The molecule has 2 aliphatic rings. The fourth-order valence-corrected chi connectivity index (χ4v) is 7.24. The number of carbonyl (C=O) groups is 1. The molecule has 1 aromatic heterocycles. The van der Waals surface area contributed by atoms with E-state index in [1.807, 2.05) is 0 Å². The van der Waals surface area contributed by atoms with Crippen LogP contribution in [0.5, 0.6) is 5.75 Å². The number of ether oxygens (including phenoxy) is 1. The topological polar surface area (TPSA) is 109 Å². The molecular formula is C32H40F3N5O5S. The number of alkyl halides is 2. The molecule has 1 amide bonds. The Morgan fingerprint density at radius 2 is 1.72 bits per heavy atom. The van der Waals surface area contributed by atoms with E-state index in [0.717, 1.165) is 58.2 Å². The first kappa shape index (κ1) is 33.9. The Kier molecular flexibility index (Phi) is 11.3. The Morgan fingerprint density at radius 1 is 1.02 bits per heavy atom. The molecule has 5 rings (SSSR count). The molecule has 0 spiro atoms. The molecule has 0 unspecified atom stereocenters. The number of unbranched alkanes of at least 4 members (excludes halogenated alkanes) is 1. The van der Waals surface area contributed by atoms with E-state index in [4.69, 9.17) is 9.15 Å². The molecule has 0 N–H and O–H groups in total. The van der Waals surface area contributed by atoms with Crippen LogP contribution in [0.25, 0.3) is 11.5 Å². The predicted octanol–water partition coefficient (Wildman–Crippen LogP) is 4.97. The lowest BCUT2D eigenvalue weighted by Gasteiger charge is -2.33. The van der Waals surface area contributed by atoms with Crippen molar-refractivity contribution in [3.8, 4) is 17.2 Å². The largest absolute Gasteiger partial charge is 0.494 e. The maximum atomic E-state index is 15.3. The number of sulfone groups is 1. The number of amides is 1. The summed E-state index contributed by atoms with van der Waals surface area (Å²) < 4.78 is 75.9. The molecule has 2 saturated heterocycles. The second kappa shape index (κ2) is 15.4. The SMILES string of the molecule is CCN1CCN(CCCCOc2ccc(N(Cc3ccc(-c4nnc(C(F)F)o4)cc3F)C(=O)C3CCS(=O)(=O)CC3)cc2)CC1. The molecule has 2 fully saturated rings. The van der Waals surface area contributed by atoms with Crippen LogP contribution in [0.15, 0.2) is 46.9 Å². The van der Waals surface area contributed by atoms with Gasteiger partial charge in [-0.3, -0.25) is 4.79 Å². The third-order valence-electron chi connectivity index (χ3n) is 8.62. The normalized spacial score (nSPS) is 17.8. The van der Waals surface area contributed by atoms with Crippen molar-refractivity contribution in [2.24, 2.45) is 5.92 Å². The zero-order chi connectivity index (χ0) is 32.7. The molecule has 0 saturated carbocycles. The van der Waals surface area contributed by atoms with Crippen LogP contribution in [0.4, 0.5) is 18.9 Å². The highest BCUT2D eigenvalue weighted by Gasteiger charge is 2.32. The number of likely N-dealkylation sites (N-methyl/N-ethyl adjacent to an activating group) is 1. The average molecular weight is 664 g/mol. The Labute approximate surface area is 267 Å². The van der Waals surface area contributed by atoms with Gasteiger partial charge in [-0.05, 0) is 75.2 Å². The highest BCUT2D eigenvalue weighted by molar-refractivity contribution is 7.91. The number of hydrogen-bond acceptors (Lipinski definition) is 9. The lowest BCUT2D eigenvalue weighted by molar-refractivity contribution is -0.122. The van der Waals surface area contributed by atoms with Crippen LogP contribution in [0.2, 0.25) is 0 Å². The van der Waals surface area contributed by atoms with Gasteiger partial charge < -0.3 is 23.9 Å². The third-order valence-corrected chi connectivity index (χ3v) is 10.3. The van der Waals surface area contributed by atoms with Crippen molar-refractivity contribution < 1.29 is 35.5 Å². The Balaban J connectivity index is 1.23. The molecule has 0 aliphatic carbocycles. The molecule has 2 aromatic carbocycles. The summed E-state index contributed by atoms with van der Waals surface area (Å²) in [6.07, 6.45) is -0.620. The molecule has 3 heterocycles. The summed E-state index contributed by atoms with van der Waals surface area (Å²) in [5, 5.41) is 6.84. The third kappa shape index (κ3) is 8.85. The standard InChI is InChI=1S/C32H40F3N5O5S/c1-2-38-14-16-39(17-15-38)13-3-4-18-44-27-9-7-26(8-10-27)40(32(41)23-11-19-46(42,43)20-12-23)22-25-6-5-24(21-28(25)33)30-36-37-31(45-30)29(34)35/h5-10,21,23,29H,2-4,11-20,22H2,1H3. The smallest absolute Gasteiger partial charge is 0.314 e. The molecule has 46 heavy (non-hydrogen) atoms. The van der Waals surface area contributed by atoms with Crippen molar-refractivity contribution in [2.45, 2.75) is 45.6 Å². The average Bonchev–Trinajstić information content (AvgIpc) is 3.56. The fourth-order valence-electron chi connectivity index (χ4n) is 5.75. The van der Waals surface area contributed by atoms with Crippen molar-refractivity contribution >= 4 is 21.4 Å². The van der Waals surface area contributed by atoms with Crippen molar-refractivity contribution in [1.82, 2.24) is 20.0 Å². The molecule has 0 radical (unpaired) electrons. The molecular weight excluding hydrogens is 623 g/mol. The van der Waals surface area contributed by atoms with Gasteiger partial charge >= 0.3 is 6.43 Å². The minimum Gasteiger partial charge on any atom is -0.494 e. The van der Waals surface area contributed by atoms with E-state index in [0.29, 0.717) is 18.0 Å². The van der Waals surface area contributed by atoms with Gasteiger partial charge in [0.15, 0.2) is 0 Å². The monoisotopic (exact) mass is 663 g/mol. The summed E-state index contributed by atoms with van der Waals surface area (Å²) in [5.41, 5.74) is 0.807. The minimum atomic E-state index is -3.19. The van der Waals surface area contributed by atoms with Gasteiger partial charge in [-0.1, -0.05) is 13.0 Å². The molecule has 0 atom stereocenters. The number of nitrogens with zero attached hydrogens (tertiary/aromatic N) is 5. The van der Waals surface area contributed by atoms with Crippen LogP contribution >= 0.6 is 0 Å². The zero-order valence-electron chi connectivity index (χ0n) is 25.9. The number of piperazine rings is 1. The second-order valence-electron chi connectivity index (χ2n) is 11.7. The van der Waals surface area contributed by atoms with E-state index >= 15 is 4.39 Å². The fraction of sp³-hybridized carbons (Fsp3) is 0.531. The summed E-state index contributed by atoms with van der Waals surface area (Å²) in [7, 11) is -3.19. The number of rotatable bonds is 13.